The first kappa shape index (κ1) is 23.8. The van der Waals surface area contributed by atoms with Gasteiger partial charge in [0.05, 0.1) is 12.3 Å². The largest absolute Gasteiger partial charge is 0.494 e. The summed E-state index contributed by atoms with van der Waals surface area (Å²) in [6.45, 7) is 8.89. The molecule has 1 unspecified atom stereocenters. The van der Waals surface area contributed by atoms with Gasteiger partial charge in [-0.25, -0.2) is 0 Å². The third kappa shape index (κ3) is 5.59. The second-order valence-corrected chi connectivity index (χ2v) is 8.62. The molecule has 0 saturated carbocycles. The van der Waals surface area contributed by atoms with Crippen molar-refractivity contribution < 1.29 is 14.3 Å². The van der Waals surface area contributed by atoms with E-state index in [1.54, 1.807) is 19.1 Å². The van der Waals surface area contributed by atoms with Crippen molar-refractivity contribution >= 4 is 23.3 Å². The molecule has 178 valence electrons. The second kappa shape index (κ2) is 10.7. The van der Waals surface area contributed by atoms with Crippen molar-refractivity contribution in [3.05, 3.63) is 65.2 Å². The predicted octanol–water partition coefficient (Wildman–Crippen LogP) is 4.62. The smallest absolute Gasteiger partial charge is 0.263 e. The molecule has 1 saturated heterocycles. The van der Waals surface area contributed by atoms with Crippen LogP contribution in [0.15, 0.2) is 54.6 Å². The van der Waals surface area contributed by atoms with Crippen LogP contribution in [0.1, 0.15) is 19.4 Å². The first-order chi connectivity index (χ1) is 16.4. The number of hydrogen-bond acceptors (Lipinski definition) is 6. The van der Waals surface area contributed by atoms with Crippen LogP contribution in [0.25, 0.3) is 11.3 Å². The number of benzene rings is 2. The van der Waals surface area contributed by atoms with Crippen molar-refractivity contribution in [1.82, 2.24) is 15.1 Å². The van der Waals surface area contributed by atoms with Crippen molar-refractivity contribution in [2.75, 3.05) is 37.7 Å². The standard InChI is InChI=1S/C26H29ClN4O3/c1-4-33-21-7-5-20(6-8-21)24-11-12-25(29-28-24)30-13-15-31(16-14-30)26(32)19(3)34-22-9-10-23(27)18(2)17-22/h5-12,17,19H,4,13-16H2,1-3H3. The summed E-state index contributed by atoms with van der Waals surface area (Å²) < 4.78 is 11.3. The fourth-order valence-electron chi connectivity index (χ4n) is 3.89. The highest BCUT2D eigenvalue weighted by Crippen LogP contribution is 2.24. The average molecular weight is 481 g/mol. The minimum Gasteiger partial charge on any atom is -0.494 e. The normalized spacial score (nSPS) is 14.6. The molecule has 1 aliphatic heterocycles. The number of piperazine rings is 1. The van der Waals surface area contributed by atoms with Gasteiger partial charge in [-0.2, -0.15) is 0 Å². The SMILES string of the molecule is CCOc1ccc(-c2ccc(N3CCN(C(=O)C(C)Oc4ccc(Cl)c(C)c4)CC3)nn2)cc1. The van der Waals surface area contributed by atoms with Gasteiger partial charge in [0.25, 0.3) is 5.91 Å². The molecule has 0 aliphatic carbocycles. The minimum atomic E-state index is -0.569. The summed E-state index contributed by atoms with van der Waals surface area (Å²) in [5, 5.41) is 9.50. The van der Waals surface area contributed by atoms with Gasteiger partial charge in [-0.15, -0.1) is 10.2 Å². The minimum absolute atomic E-state index is 0.0239. The maximum absolute atomic E-state index is 12.9. The van der Waals surface area contributed by atoms with Gasteiger partial charge in [0, 0.05) is 36.8 Å². The summed E-state index contributed by atoms with van der Waals surface area (Å²) in [7, 11) is 0. The maximum Gasteiger partial charge on any atom is 0.263 e. The molecule has 7 nitrogen and oxygen atoms in total. The number of carbonyl (C=O) groups excluding carboxylic acids is 1. The summed E-state index contributed by atoms with van der Waals surface area (Å²) in [4.78, 5) is 16.9. The number of aryl methyl sites for hydroxylation is 1. The van der Waals surface area contributed by atoms with Gasteiger partial charge < -0.3 is 19.3 Å². The molecule has 3 aromatic rings. The summed E-state index contributed by atoms with van der Waals surface area (Å²) in [6, 6.07) is 17.2. The molecule has 2 aromatic carbocycles. The van der Waals surface area contributed by atoms with E-state index in [1.165, 1.54) is 0 Å². The molecule has 0 bridgehead atoms. The number of rotatable bonds is 7. The predicted molar refractivity (Wildman–Crippen MR) is 134 cm³/mol. The lowest BCUT2D eigenvalue weighted by atomic mass is 10.1. The van der Waals surface area contributed by atoms with Gasteiger partial charge in [0.1, 0.15) is 11.5 Å². The lowest BCUT2D eigenvalue weighted by molar-refractivity contribution is -0.138. The van der Waals surface area contributed by atoms with Crippen molar-refractivity contribution in [3.63, 3.8) is 0 Å². The summed E-state index contributed by atoms with van der Waals surface area (Å²) in [6.07, 6.45) is -0.569. The monoisotopic (exact) mass is 480 g/mol. The number of halogens is 1. The molecule has 34 heavy (non-hydrogen) atoms. The van der Waals surface area contributed by atoms with Crippen molar-refractivity contribution in [2.24, 2.45) is 0 Å². The summed E-state index contributed by atoms with van der Waals surface area (Å²) in [5.41, 5.74) is 2.72. The van der Waals surface area contributed by atoms with E-state index in [2.05, 4.69) is 15.1 Å². The van der Waals surface area contributed by atoms with E-state index in [-0.39, 0.29) is 5.91 Å². The molecule has 1 atom stereocenters. The highest BCUT2D eigenvalue weighted by Gasteiger charge is 2.26. The van der Waals surface area contributed by atoms with Crippen LogP contribution in [0.4, 0.5) is 5.82 Å². The summed E-state index contributed by atoms with van der Waals surface area (Å²) in [5.74, 6) is 2.27. The van der Waals surface area contributed by atoms with Gasteiger partial charge in [-0.1, -0.05) is 11.6 Å². The highest BCUT2D eigenvalue weighted by atomic mass is 35.5. The number of hydrogen-bond donors (Lipinski definition) is 0. The number of anilines is 1. The van der Waals surface area contributed by atoms with Crippen LogP contribution in [0.5, 0.6) is 11.5 Å². The van der Waals surface area contributed by atoms with Crippen molar-refractivity contribution in [1.29, 1.82) is 0 Å². The number of ether oxygens (including phenoxy) is 2. The van der Waals surface area contributed by atoms with Crippen molar-refractivity contribution in [2.45, 2.75) is 26.9 Å². The zero-order valence-electron chi connectivity index (χ0n) is 19.7. The number of aromatic nitrogens is 2. The Bertz CT molecular complexity index is 1110. The van der Waals surface area contributed by atoms with E-state index >= 15 is 0 Å². The third-order valence-corrected chi connectivity index (χ3v) is 6.24. The molecule has 1 aromatic heterocycles. The molecule has 0 N–H and O–H groups in total. The Morgan fingerprint density at radius 1 is 1.00 bits per heavy atom. The lowest BCUT2D eigenvalue weighted by Crippen LogP contribution is -2.52. The molecule has 8 heteroatoms. The zero-order valence-corrected chi connectivity index (χ0v) is 20.5. The second-order valence-electron chi connectivity index (χ2n) is 8.22. The molecule has 2 heterocycles. The van der Waals surface area contributed by atoms with Gasteiger partial charge in [0.2, 0.25) is 0 Å². The number of carbonyl (C=O) groups is 1. The lowest BCUT2D eigenvalue weighted by Gasteiger charge is -2.36. The molecule has 4 rings (SSSR count). The van der Waals surface area contributed by atoms with Crippen LogP contribution in [-0.2, 0) is 4.79 Å². The Labute approximate surface area is 205 Å². The number of nitrogens with zero attached hydrogens (tertiary/aromatic N) is 4. The van der Waals surface area contributed by atoms with Crippen LogP contribution in [0, 0.1) is 6.92 Å². The first-order valence-corrected chi connectivity index (χ1v) is 11.9. The maximum atomic E-state index is 12.9. The Morgan fingerprint density at radius 2 is 1.71 bits per heavy atom. The molecule has 1 aliphatic rings. The fraction of sp³-hybridized carbons (Fsp3) is 0.346. The average Bonchev–Trinajstić information content (AvgIpc) is 2.87. The first-order valence-electron chi connectivity index (χ1n) is 11.5. The van der Waals surface area contributed by atoms with Crippen LogP contribution in [0.2, 0.25) is 5.02 Å². The van der Waals surface area contributed by atoms with Gasteiger partial charge in [0.15, 0.2) is 11.9 Å². The Balaban J connectivity index is 1.31. The third-order valence-electron chi connectivity index (χ3n) is 5.82. The highest BCUT2D eigenvalue weighted by molar-refractivity contribution is 6.31. The van der Waals surface area contributed by atoms with Gasteiger partial charge in [-0.3, -0.25) is 4.79 Å². The van der Waals surface area contributed by atoms with Crippen molar-refractivity contribution in [3.8, 4) is 22.8 Å². The van der Waals surface area contributed by atoms with Crippen LogP contribution in [0.3, 0.4) is 0 Å². The van der Waals surface area contributed by atoms with E-state index in [0.717, 1.165) is 28.4 Å². The van der Waals surface area contributed by atoms with E-state index in [1.807, 2.05) is 61.2 Å². The molecular formula is C26H29ClN4O3. The quantitative estimate of drug-likeness (QED) is 0.491. The summed E-state index contributed by atoms with van der Waals surface area (Å²) >= 11 is 6.07. The van der Waals surface area contributed by atoms with Crippen LogP contribution >= 0.6 is 11.6 Å². The molecular weight excluding hydrogens is 452 g/mol. The van der Waals surface area contributed by atoms with E-state index in [4.69, 9.17) is 21.1 Å². The van der Waals surface area contributed by atoms with Crippen LogP contribution in [-0.4, -0.2) is 59.9 Å². The van der Waals surface area contributed by atoms with Crippen LogP contribution < -0.4 is 14.4 Å². The number of amides is 1. The Morgan fingerprint density at radius 3 is 2.32 bits per heavy atom. The Hall–Kier alpha value is -3.32. The van der Waals surface area contributed by atoms with E-state index < -0.39 is 6.10 Å². The van der Waals surface area contributed by atoms with Gasteiger partial charge in [-0.05, 0) is 80.9 Å². The topological polar surface area (TPSA) is 67.8 Å². The fourth-order valence-corrected chi connectivity index (χ4v) is 4.01. The Kier molecular flexibility index (Phi) is 7.53. The van der Waals surface area contributed by atoms with Gasteiger partial charge >= 0.3 is 0 Å². The molecule has 1 amide bonds. The van der Waals surface area contributed by atoms with E-state index in [0.29, 0.717) is 43.6 Å². The molecule has 0 spiro atoms. The molecule has 0 radical (unpaired) electrons. The zero-order chi connectivity index (χ0) is 24.1. The van der Waals surface area contributed by atoms with E-state index in [9.17, 15) is 4.79 Å². The molecule has 1 fully saturated rings.